The molecule has 9 heteroatoms. The van der Waals surface area contributed by atoms with Crippen LogP contribution in [0.15, 0.2) is 29.4 Å². The highest BCUT2D eigenvalue weighted by atomic mass is 32.1. The Morgan fingerprint density at radius 2 is 2.16 bits per heavy atom. The van der Waals surface area contributed by atoms with Crippen LogP contribution >= 0.6 is 11.3 Å². The number of aliphatic imine (C=N–C) groups is 1. The van der Waals surface area contributed by atoms with Gasteiger partial charge in [0.05, 0.1) is 12.1 Å². The van der Waals surface area contributed by atoms with E-state index in [2.05, 4.69) is 20.4 Å². The zero-order valence-electron chi connectivity index (χ0n) is 14.0. The normalized spacial score (nSPS) is 22.3. The lowest BCUT2D eigenvalue weighted by molar-refractivity contribution is -0.130. The molecular formula is C16H16N6O2S. The van der Waals surface area contributed by atoms with E-state index in [0.717, 1.165) is 15.5 Å². The van der Waals surface area contributed by atoms with Crippen LogP contribution in [-0.4, -0.2) is 42.7 Å². The number of nitrogens with zero attached hydrogens (tertiary/aromatic N) is 5. The predicted octanol–water partition coefficient (Wildman–Crippen LogP) is 1.82. The Hall–Kier alpha value is -2.81. The first-order chi connectivity index (χ1) is 11.9. The van der Waals surface area contributed by atoms with E-state index in [1.807, 2.05) is 13.8 Å². The minimum atomic E-state index is -1.08. The van der Waals surface area contributed by atoms with Crippen molar-refractivity contribution in [3.63, 3.8) is 0 Å². The number of aryl methyl sites for hydroxylation is 2. The minimum Gasteiger partial charge on any atom is -0.317 e. The molecule has 4 rings (SSSR count). The van der Waals surface area contributed by atoms with Crippen LogP contribution in [0.3, 0.4) is 0 Å². The van der Waals surface area contributed by atoms with E-state index in [4.69, 9.17) is 0 Å². The lowest BCUT2D eigenvalue weighted by atomic mass is 9.91. The molecule has 0 radical (unpaired) electrons. The molecule has 4 heterocycles. The van der Waals surface area contributed by atoms with Gasteiger partial charge in [-0.3, -0.25) is 14.9 Å². The van der Waals surface area contributed by atoms with Crippen molar-refractivity contribution < 1.29 is 9.59 Å². The molecule has 0 saturated heterocycles. The quantitative estimate of drug-likeness (QED) is 0.886. The van der Waals surface area contributed by atoms with E-state index in [9.17, 15) is 9.59 Å². The van der Waals surface area contributed by atoms with Crippen molar-refractivity contribution in [3.8, 4) is 0 Å². The van der Waals surface area contributed by atoms with Crippen molar-refractivity contribution in [2.24, 2.45) is 4.99 Å². The Labute approximate surface area is 147 Å². The number of allylic oxidation sites excluding steroid dienone is 2. The molecule has 0 spiro atoms. The van der Waals surface area contributed by atoms with E-state index >= 15 is 0 Å². The monoisotopic (exact) mass is 356 g/mol. The van der Waals surface area contributed by atoms with Crippen LogP contribution < -0.4 is 5.32 Å². The number of carbonyl (C=O) groups excluding carboxylic acids is 2. The number of amides is 2. The summed E-state index contributed by atoms with van der Waals surface area (Å²) in [6.45, 7) is 5.67. The van der Waals surface area contributed by atoms with Crippen molar-refractivity contribution >= 4 is 39.9 Å². The SMILES string of the molecule is Cc1sc2nc(NC(=O)C3(C)CC(=O)N=C4C=CC=CN43)nn2c1C. The van der Waals surface area contributed by atoms with Crippen LogP contribution in [0.25, 0.3) is 4.96 Å². The van der Waals surface area contributed by atoms with Gasteiger partial charge in [-0.15, -0.1) is 5.10 Å². The Balaban J connectivity index is 1.64. The fraction of sp³-hybridized carbons (Fsp3) is 0.312. The fourth-order valence-corrected chi connectivity index (χ4v) is 3.81. The van der Waals surface area contributed by atoms with E-state index in [0.29, 0.717) is 5.84 Å². The number of aromatic nitrogens is 3. The molecule has 25 heavy (non-hydrogen) atoms. The molecule has 1 atom stereocenters. The maximum absolute atomic E-state index is 12.9. The highest BCUT2D eigenvalue weighted by molar-refractivity contribution is 7.17. The van der Waals surface area contributed by atoms with Crippen LogP contribution in [0.4, 0.5) is 5.95 Å². The molecule has 0 fully saturated rings. The lowest BCUT2D eigenvalue weighted by Crippen LogP contribution is -2.58. The summed E-state index contributed by atoms with van der Waals surface area (Å²) in [5.74, 6) is 0.0187. The Morgan fingerprint density at radius 3 is 2.92 bits per heavy atom. The zero-order chi connectivity index (χ0) is 17.8. The van der Waals surface area contributed by atoms with Crippen LogP contribution in [0.2, 0.25) is 0 Å². The summed E-state index contributed by atoms with van der Waals surface area (Å²) in [7, 11) is 0. The molecule has 2 aromatic rings. The molecule has 2 aliphatic rings. The van der Waals surface area contributed by atoms with Crippen molar-refractivity contribution in [1.29, 1.82) is 0 Å². The number of hydrogen-bond donors (Lipinski definition) is 1. The maximum atomic E-state index is 12.9. The second-order valence-corrected chi connectivity index (χ2v) is 7.39. The number of thiazole rings is 1. The van der Waals surface area contributed by atoms with E-state index < -0.39 is 5.54 Å². The van der Waals surface area contributed by atoms with Gasteiger partial charge in [0.1, 0.15) is 11.4 Å². The highest BCUT2D eigenvalue weighted by Crippen LogP contribution is 2.29. The molecule has 1 unspecified atom stereocenters. The average molecular weight is 356 g/mol. The van der Waals surface area contributed by atoms with Gasteiger partial charge in [-0.2, -0.15) is 9.98 Å². The first-order valence-corrected chi connectivity index (χ1v) is 8.60. The van der Waals surface area contributed by atoms with E-state index in [1.165, 1.54) is 11.3 Å². The van der Waals surface area contributed by atoms with Crippen molar-refractivity contribution in [2.45, 2.75) is 32.7 Å². The zero-order valence-corrected chi connectivity index (χ0v) is 14.8. The van der Waals surface area contributed by atoms with Crippen LogP contribution in [-0.2, 0) is 9.59 Å². The summed E-state index contributed by atoms with van der Waals surface area (Å²) in [6.07, 6.45) is 7.03. The van der Waals surface area contributed by atoms with Gasteiger partial charge in [0, 0.05) is 11.1 Å². The summed E-state index contributed by atoms with van der Waals surface area (Å²) >= 11 is 1.51. The third-order valence-corrected chi connectivity index (χ3v) is 5.52. The number of fused-ring (bicyclic) bond motifs is 2. The Bertz CT molecular complexity index is 998. The fourth-order valence-electron chi connectivity index (χ4n) is 2.91. The van der Waals surface area contributed by atoms with Gasteiger partial charge in [-0.1, -0.05) is 17.4 Å². The summed E-state index contributed by atoms with van der Waals surface area (Å²) in [4.78, 5) is 36.8. The number of anilines is 1. The van der Waals surface area contributed by atoms with Crippen LogP contribution in [0.1, 0.15) is 23.9 Å². The second kappa shape index (κ2) is 5.35. The van der Waals surface area contributed by atoms with E-state index in [1.54, 1.807) is 40.8 Å². The molecule has 128 valence electrons. The number of rotatable bonds is 2. The molecule has 0 aromatic carbocycles. The first-order valence-electron chi connectivity index (χ1n) is 7.78. The molecule has 2 aliphatic heterocycles. The lowest BCUT2D eigenvalue weighted by Gasteiger charge is -2.41. The Morgan fingerprint density at radius 1 is 1.36 bits per heavy atom. The molecule has 1 N–H and O–H groups in total. The molecule has 2 amide bonds. The van der Waals surface area contributed by atoms with E-state index in [-0.39, 0.29) is 24.2 Å². The number of amidine groups is 1. The van der Waals surface area contributed by atoms with Crippen LogP contribution in [0, 0.1) is 13.8 Å². The predicted molar refractivity (Wildman–Crippen MR) is 94.6 cm³/mol. The molecule has 0 aliphatic carbocycles. The molecule has 2 aromatic heterocycles. The maximum Gasteiger partial charge on any atom is 0.253 e. The third kappa shape index (κ3) is 2.39. The van der Waals surface area contributed by atoms with Crippen molar-refractivity contribution in [3.05, 3.63) is 35.0 Å². The summed E-state index contributed by atoms with van der Waals surface area (Å²) in [5.41, 5.74) is -0.0929. The smallest absolute Gasteiger partial charge is 0.253 e. The minimum absolute atomic E-state index is 0.0130. The van der Waals surface area contributed by atoms with Gasteiger partial charge in [0.2, 0.25) is 4.96 Å². The molecule has 0 bridgehead atoms. The summed E-state index contributed by atoms with van der Waals surface area (Å²) < 4.78 is 1.71. The number of nitrogens with one attached hydrogen (secondary N) is 1. The largest absolute Gasteiger partial charge is 0.317 e. The van der Waals surface area contributed by atoms with Gasteiger partial charge in [-0.25, -0.2) is 4.52 Å². The van der Waals surface area contributed by atoms with Crippen molar-refractivity contribution in [1.82, 2.24) is 19.5 Å². The van der Waals surface area contributed by atoms with Gasteiger partial charge in [0.25, 0.3) is 17.8 Å². The van der Waals surface area contributed by atoms with Gasteiger partial charge >= 0.3 is 0 Å². The highest BCUT2D eigenvalue weighted by Gasteiger charge is 2.45. The van der Waals surface area contributed by atoms with Crippen molar-refractivity contribution in [2.75, 3.05) is 5.32 Å². The van der Waals surface area contributed by atoms with Gasteiger partial charge in [-0.05, 0) is 32.9 Å². The summed E-state index contributed by atoms with van der Waals surface area (Å²) in [6, 6.07) is 0. The second-order valence-electron chi connectivity index (χ2n) is 6.21. The Kier molecular flexibility index (Phi) is 3.36. The number of carbonyl (C=O) groups is 2. The number of hydrogen-bond acceptors (Lipinski definition) is 6. The molecular weight excluding hydrogens is 340 g/mol. The van der Waals surface area contributed by atoms with Gasteiger partial charge in [0.15, 0.2) is 0 Å². The first kappa shape index (κ1) is 15.7. The average Bonchev–Trinajstić information content (AvgIpc) is 3.06. The third-order valence-electron chi connectivity index (χ3n) is 4.47. The molecule has 0 saturated carbocycles. The van der Waals surface area contributed by atoms with Crippen LogP contribution in [0.5, 0.6) is 0 Å². The standard InChI is InChI=1S/C16H16N6O2S/c1-9-10(2)25-15-19-14(20-22(9)15)18-13(24)16(3)8-12(23)17-11-6-4-5-7-21(11)16/h4-7H,8H2,1-3H3,(H,18,20,24). The summed E-state index contributed by atoms with van der Waals surface area (Å²) in [5, 5.41) is 7.09. The topological polar surface area (TPSA) is 92.0 Å². The van der Waals surface area contributed by atoms with Gasteiger partial charge < -0.3 is 4.90 Å². The molecule has 8 nitrogen and oxygen atoms in total.